The fourth-order valence-corrected chi connectivity index (χ4v) is 2.04. The van der Waals surface area contributed by atoms with E-state index in [2.05, 4.69) is 60.6 Å². The number of nitrogens with zero attached hydrogens (tertiary/aromatic N) is 1. The second-order valence-corrected chi connectivity index (χ2v) is 4.36. The molecule has 112 valence electrons. The van der Waals surface area contributed by atoms with E-state index in [1.807, 2.05) is 6.92 Å². The van der Waals surface area contributed by atoms with Crippen LogP contribution in [0.15, 0.2) is 22.3 Å². The third-order valence-corrected chi connectivity index (χ3v) is 3.97. The maximum Gasteiger partial charge on any atom is 0 e. The van der Waals surface area contributed by atoms with E-state index in [4.69, 9.17) is 14.0 Å². The molecule has 0 aromatic heterocycles. The molecule has 0 aliphatic heterocycles. The molecule has 0 aromatic carbocycles. The van der Waals surface area contributed by atoms with E-state index < -0.39 is 5.41 Å². The molecule has 0 heterocycles. The van der Waals surface area contributed by atoms with Gasteiger partial charge in [-0.1, -0.05) is 18.1 Å². The van der Waals surface area contributed by atoms with E-state index in [1.54, 1.807) is 0 Å². The Bertz CT molecular complexity index is 450. The molecule has 0 saturated heterocycles. The quantitative estimate of drug-likeness (QED) is 0.403. The standard InChI is InChI=1S/C13H18N.3CO.Re/c1-8-9(2)11(4)13(6,7-14)12(5)10(8)3;3*1-2;/h1-6H3;;;;. The van der Waals surface area contributed by atoms with Gasteiger partial charge in [0.2, 0.25) is 0 Å². The Hall–Kier alpha value is -1.15. The molecule has 0 atom stereocenters. The molecule has 1 aliphatic rings. The fraction of sp³-hybridized carbons (Fsp3) is 0.438. The van der Waals surface area contributed by atoms with Crippen LogP contribution in [0.5, 0.6) is 0 Å². The Morgan fingerprint density at radius 2 is 1.05 bits per heavy atom. The van der Waals surface area contributed by atoms with Crippen LogP contribution in [0.1, 0.15) is 41.5 Å². The van der Waals surface area contributed by atoms with Gasteiger partial charge in [-0.05, 0) is 45.8 Å². The van der Waals surface area contributed by atoms with E-state index >= 15 is 0 Å². The number of allylic oxidation sites excluding steroid dienone is 4. The van der Waals surface area contributed by atoms with Crippen LogP contribution in [0.25, 0.3) is 0 Å². The molecular weight excluding hydrogens is 440 g/mol. The number of rotatable bonds is 0. The van der Waals surface area contributed by atoms with E-state index in [9.17, 15) is 5.26 Å². The molecule has 0 N–H and O–H groups in total. The van der Waals surface area contributed by atoms with Crippen molar-refractivity contribution < 1.29 is 34.4 Å². The second kappa shape index (κ2) is 13.8. The first-order valence-electron chi connectivity index (χ1n) is 5.59. The smallest absolute Gasteiger partial charge is 0 e. The van der Waals surface area contributed by atoms with Crippen LogP contribution in [0.2, 0.25) is 0 Å². The Morgan fingerprint density at radius 1 is 0.810 bits per heavy atom. The van der Waals surface area contributed by atoms with E-state index in [0.29, 0.717) is 0 Å². The number of hydrogen-bond acceptors (Lipinski definition) is 1. The molecule has 0 aromatic rings. The molecule has 2 radical (unpaired) electrons. The maximum absolute atomic E-state index is 9.29. The van der Waals surface area contributed by atoms with Crippen molar-refractivity contribution in [1.29, 1.82) is 5.26 Å². The van der Waals surface area contributed by atoms with Crippen LogP contribution in [-0.4, -0.2) is 0 Å². The van der Waals surface area contributed by atoms with Gasteiger partial charge in [-0.3, -0.25) is 0 Å². The summed E-state index contributed by atoms with van der Waals surface area (Å²) in [6, 6.07) is 2.43. The van der Waals surface area contributed by atoms with Crippen molar-refractivity contribution >= 4 is 0 Å². The summed E-state index contributed by atoms with van der Waals surface area (Å²) in [5.74, 6) is 1.33. The minimum absolute atomic E-state index is 0. The van der Waals surface area contributed by atoms with Crippen LogP contribution >= 0.6 is 0 Å². The van der Waals surface area contributed by atoms with Crippen LogP contribution in [0, 0.1) is 42.6 Å². The van der Waals surface area contributed by atoms with Gasteiger partial charge in [0.1, 0.15) is 0 Å². The van der Waals surface area contributed by atoms with Crippen molar-refractivity contribution in [3.05, 3.63) is 48.2 Å². The van der Waals surface area contributed by atoms with E-state index in [0.717, 1.165) is 0 Å². The second-order valence-electron chi connectivity index (χ2n) is 4.36. The number of nitriles is 1. The molecule has 0 amide bonds. The zero-order chi connectivity index (χ0) is 17.1. The predicted octanol–water partition coefficient (Wildman–Crippen LogP) is 3.68. The molecule has 4 nitrogen and oxygen atoms in total. The van der Waals surface area contributed by atoms with Gasteiger partial charge in [-0.2, -0.15) is 5.26 Å². The minimum Gasteiger partial charge on any atom is 0 e. The molecule has 0 unspecified atom stereocenters. The van der Waals surface area contributed by atoms with Gasteiger partial charge in [-0.25, -0.2) is 0 Å². The monoisotopic (exact) mass is 459 g/mol. The first-order valence-corrected chi connectivity index (χ1v) is 5.59. The summed E-state index contributed by atoms with van der Waals surface area (Å²) in [6.45, 7) is 26.0. The van der Waals surface area contributed by atoms with Crippen LogP contribution in [-0.2, 0) is 34.4 Å². The average Bonchev–Trinajstić information content (AvgIpc) is 2.54. The summed E-state index contributed by atoms with van der Waals surface area (Å²) >= 11 is 0. The molecule has 0 fully saturated rings. The topological polar surface area (TPSA) is 83.5 Å². The summed E-state index contributed by atoms with van der Waals surface area (Å²) in [6.07, 6.45) is 0. The van der Waals surface area contributed by atoms with Crippen molar-refractivity contribution in [2.24, 2.45) is 5.41 Å². The van der Waals surface area contributed by atoms with E-state index in [1.165, 1.54) is 28.2 Å². The molecule has 21 heavy (non-hydrogen) atoms. The van der Waals surface area contributed by atoms with Gasteiger partial charge in [0.25, 0.3) is 0 Å². The largest absolute Gasteiger partial charge is 0 e. The first-order chi connectivity index (χ1) is 9.36. The minimum atomic E-state index is -0.395. The normalized spacial score (nSPS) is 15.4. The summed E-state index contributed by atoms with van der Waals surface area (Å²) in [5, 5.41) is 9.29. The van der Waals surface area contributed by atoms with Crippen molar-refractivity contribution in [2.75, 3.05) is 0 Å². The summed E-state index contributed by atoms with van der Waals surface area (Å²) in [4.78, 5) is 0. The van der Waals surface area contributed by atoms with E-state index in [-0.39, 0.29) is 20.4 Å². The van der Waals surface area contributed by atoms with Gasteiger partial charge in [0.05, 0.1) is 11.5 Å². The van der Waals surface area contributed by atoms with Crippen LogP contribution in [0.3, 0.4) is 0 Å². The van der Waals surface area contributed by atoms with Crippen molar-refractivity contribution in [2.45, 2.75) is 41.5 Å². The molecule has 0 saturated carbocycles. The zero-order valence-electron chi connectivity index (χ0n) is 13.0. The van der Waals surface area contributed by atoms with Gasteiger partial charge in [0, 0.05) is 26.3 Å². The fourth-order valence-electron chi connectivity index (χ4n) is 2.04. The molecule has 1 rings (SSSR count). The van der Waals surface area contributed by atoms with Crippen LogP contribution < -0.4 is 0 Å². The summed E-state index contributed by atoms with van der Waals surface area (Å²) in [5.41, 5.74) is 4.55. The maximum atomic E-state index is 9.29. The average molecular weight is 459 g/mol. The Kier molecular flexibility index (Phi) is 18.5. The molecule has 0 bridgehead atoms. The van der Waals surface area contributed by atoms with Crippen LogP contribution in [0.4, 0.5) is 0 Å². The van der Waals surface area contributed by atoms with Gasteiger partial charge in [-0.15, -0.1) is 0 Å². The summed E-state index contributed by atoms with van der Waals surface area (Å²) < 4.78 is 22.5. The first kappa shape index (κ1) is 28.1. The third kappa shape index (κ3) is 6.01. The molecule has 1 aliphatic carbocycles. The Morgan fingerprint density at radius 3 is 1.24 bits per heavy atom. The summed E-state index contributed by atoms with van der Waals surface area (Å²) in [7, 11) is 0. The number of hydrogen-bond donors (Lipinski definition) is 0. The third-order valence-electron chi connectivity index (χ3n) is 3.97. The van der Waals surface area contributed by atoms with Crippen molar-refractivity contribution in [3.8, 4) is 6.07 Å². The SMILES string of the molecule is C[C]1C(C)=C(C)C(C)(C#N)C(C)=C1C.[C-]#[O+].[C-]#[O+].[C-]#[O+].[Re]. The zero-order valence-corrected chi connectivity index (χ0v) is 15.8. The predicted molar refractivity (Wildman–Crippen MR) is 71.2 cm³/mol. The Balaban J connectivity index is -0.000000183. The van der Waals surface area contributed by atoms with Gasteiger partial charge < -0.3 is 0 Å². The molecule has 0 spiro atoms. The van der Waals surface area contributed by atoms with Gasteiger partial charge in [0.15, 0.2) is 0 Å². The molecule has 5 heteroatoms. The Labute approximate surface area is 141 Å². The van der Waals surface area contributed by atoms with Crippen molar-refractivity contribution in [3.63, 3.8) is 0 Å². The van der Waals surface area contributed by atoms with Crippen molar-refractivity contribution in [1.82, 2.24) is 0 Å². The van der Waals surface area contributed by atoms with Gasteiger partial charge >= 0.3 is 33.9 Å². The molecular formula is C16H18NO3Re.